The Morgan fingerprint density at radius 1 is 1.38 bits per heavy atom. The summed E-state index contributed by atoms with van der Waals surface area (Å²) in [4.78, 5) is 15.4. The number of pyridine rings is 1. The van der Waals surface area contributed by atoms with Crippen LogP contribution in [0.2, 0.25) is 0 Å². The second-order valence-corrected chi connectivity index (χ2v) is 4.98. The zero-order valence-electron chi connectivity index (χ0n) is 10.4. The van der Waals surface area contributed by atoms with Gasteiger partial charge in [0.1, 0.15) is 11.4 Å². The number of anilines is 1. The van der Waals surface area contributed by atoms with E-state index in [0.717, 1.165) is 11.3 Å². The first-order valence-electron chi connectivity index (χ1n) is 5.20. The fourth-order valence-electron chi connectivity index (χ4n) is 1.55. The molecule has 4 nitrogen and oxygen atoms in total. The van der Waals surface area contributed by atoms with Gasteiger partial charge in [-0.25, -0.2) is 9.78 Å². The number of aromatic nitrogens is 1. The summed E-state index contributed by atoms with van der Waals surface area (Å²) in [6.45, 7) is 9.55. The SMILES string of the molecule is Cc1cc(C)c(C(=O)O)c(NC(C)(C)C)n1. The number of aromatic carboxylic acids is 1. The van der Waals surface area contributed by atoms with E-state index >= 15 is 0 Å². The average molecular weight is 222 g/mol. The van der Waals surface area contributed by atoms with Crippen molar-refractivity contribution in [3.63, 3.8) is 0 Å². The predicted molar refractivity (Wildman–Crippen MR) is 64.0 cm³/mol. The lowest BCUT2D eigenvalue weighted by molar-refractivity contribution is 0.0696. The van der Waals surface area contributed by atoms with E-state index in [1.165, 1.54) is 0 Å². The van der Waals surface area contributed by atoms with E-state index in [1.54, 1.807) is 13.0 Å². The Balaban J connectivity index is 3.30. The van der Waals surface area contributed by atoms with Crippen LogP contribution in [0.4, 0.5) is 5.82 Å². The molecule has 0 amide bonds. The number of carbonyl (C=O) groups is 1. The maximum atomic E-state index is 11.2. The molecule has 1 aromatic heterocycles. The van der Waals surface area contributed by atoms with Gasteiger partial charge in [0.05, 0.1) is 0 Å². The predicted octanol–water partition coefficient (Wildman–Crippen LogP) is 2.61. The molecule has 0 aliphatic carbocycles. The summed E-state index contributed by atoms with van der Waals surface area (Å²) in [6.07, 6.45) is 0. The summed E-state index contributed by atoms with van der Waals surface area (Å²) in [5, 5.41) is 12.3. The van der Waals surface area contributed by atoms with Crippen molar-refractivity contribution in [1.29, 1.82) is 0 Å². The quantitative estimate of drug-likeness (QED) is 0.807. The Bertz CT molecular complexity index is 420. The van der Waals surface area contributed by atoms with E-state index < -0.39 is 5.97 Å². The van der Waals surface area contributed by atoms with Gasteiger partial charge < -0.3 is 10.4 Å². The number of rotatable bonds is 2. The van der Waals surface area contributed by atoms with Crippen molar-refractivity contribution in [2.24, 2.45) is 0 Å². The van der Waals surface area contributed by atoms with Crippen LogP contribution in [-0.2, 0) is 0 Å². The molecule has 1 aromatic rings. The summed E-state index contributed by atoms with van der Waals surface area (Å²) in [6, 6.07) is 1.78. The molecule has 0 aliphatic rings. The molecule has 0 fully saturated rings. The minimum Gasteiger partial charge on any atom is -0.478 e. The molecule has 0 spiro atoms. The molecule has 0 aromatic carbocycles. The van der Waals surface area contributed by atoms with Crippen LogP contribution in [0.25, 0.3) is 0 Å². The van der Waals surface area contributed by atoms with E-state index in [4.69, 9.17) is 5.11 Å². The highest BCUT2D eigenvalue weighted by molar-refractivity contribution is 5.94. The Labute approximate surface area is 95.7 Å². The van der Waals surface area contributed by atoms with E-state index in [1.807, 2.05) is 27.7 Å². The second-order valence-electron chi connectivity index (χ2n) is 4.98. The fourth-order valence-corrected chi connectivity index (χ4v) is 1.55. The van der Waals surface area contributed by atoms with Gasteiger partial charge in [0, 0.05) is 11.2 Å². The molecule has 4 heteroatoms. The van der Waals surface area contributed by atoms with Crippen LogP contribution in [0.5, 0.6) is 0 Å². The summed E-state index contributed by atoms with van der Waals surface area (Å²) in [7, 11) is 0. The number of nitrogens with zero attached hydrogens (tertiary/aromatic N) is 1. The summed E-state index contributed by atoms with van der Waals surface area (Å²) in [5.41, 5.74) is 1.58. The maximum Gasteiger partial charge on any atom is 0.339 e. The molecule has 16 heavy (non-hydrogen) atoms. The Morgan fingerprint density at radius 3 is 2.38 bits per heavy atom. The molecule has 0 bridgehead atoms. The molecule has 0 unspecified atom stereocenters. The van der Waals surface area contributed by atoms with Crippen molar-refractivity contribution in [1.82, 2.24) is 4.98 Å². The number of nitrogens with one attached hydrogen (secondary N) is 1. The van der Waals surface area contributed by atoms with Crippen molar-refractivity contribution in [2.75, 3.05) is 5.32 Å². The number of aryl methyl sites for hydroxylation is 2. The van der Waals surface area contributed by atoms with E-state index in [0.29, 0.717) is 5.82 Å². The molecule has 2 N–H and O–H groups in total. The van der Waals surface area contributed by atoms with E-state index in [2.05, 4.69) is 10.3 Å². The first kappa shape index (κ1) is 12.5. The first-order valence-corrected chi connectivity index (χ1v) is 5.20. The number of hydrogen-bond donors (Lipinski definition) is 2. The van der Waals surface area contributed by atoms with E-state index in [9.17, 15) is 4.79 Å². The Morgan fingerprint density at radius 2 is 1.94 bits per heavy atom. The molecule has 1 heterocycles. The average Bonchev–Trinajstić information content (AvgIpc) is 1.96. The van der Waals surface area contributed by atoms with Gasteiger partial charge in [0.15, 0.2) is 0 Å². The zero-order chi connectivity index (χ0) is 12.5. The number of carboxylic acid groups (broad SMARTS) is 1. The third kappa shape index (κ3) is 2.95. The van der Waals surface area contributed by atoms with Crippen LogP contribution >= 0.6 is 0 Å². The van der Waals surface area contributed by atoms with Crippen LogP contribution in [-0.4, -0.2) is 21.6 Å². The monoisotopic (exact) mass is 222 g/mol. The standard InChI is InChI=1S/C12H18N2O2/c1-7-6-8(2)13-10(9(7)11(15)16)14-12(3,4)5/h6H,1-5H3,(H,13,14)(H,15,16). The van der Waals surface area contributed by atoms with Gasteiger partial charge >= 0.3 is 5.97 Å². The van der Waals surface area contributed by atoms with Crippen LogP contribution in [0, 0.1) is 13.8 Å². The van der Waals surface area contributed by atoms with Gasteiger partial charge in [0.25, 0.3) is 0 Å². The normalized spacial score (nSPS) is 11.3. The lowest BCUT2D eigenvalue weighted by atomic mass is 10.1. The minimum absolute atomic E-state index is 0.211. The molecule has 1 rings (SSSR count). The fraction of sp³-hybridized carbons (Fsp3) is 0.500. The highest BCUT2D eigenvalue weighted by Crippen LogP contribution is 2.21. The van der Waals surface area contributed by atoms with Gasteiger partial charge in [-0.05, 0) is 46.2 Å². The van der Waals surface area contributed by atoms with Gasteiger partial charge in [-0.3, -0.25) is 0 Å². The minimum atomic E-state index is -0.947. The maximum absolute atomic E-state index is 11.2. The van der Waals surface area contributed by atoms with Crippen molar-refractivity contribution in [3.05, 3.63) is 22.9 Å². The Kier molecular flexibility index (Phi) is 3.21. The molecular formula is C12H18N2O2. The third-order valence-corrected chi connectivity index (χ3v) is 2.05. The van der Waals surface area contributed by atoms with Crippen LogP contribution in [0.3, 0.4) is 0 Å². The lowest BCUT2D eigenvalue weighted by Crippen LogP contribution is -2.28. The Hall–Kier alpha value is -1.58. The van der Waals surface area contributed by atoms with Crippen molar-refractivity contribution in [3.8, 4) is 0 Å². The van der Waals surface area contributed by atoms with Gasteiger partial charge in [0.2, 0.25) is 0 Å². The van der Waals surface area contributed by atoms with Crippen molar-refractivity contribution >= 4 is 11.8 Å². The number of hydrogen-bond acceptors (Lipinski definition) is 3. The summed E-state index contributed by atoms with van der Waals surface area (Å²) < 4.78 is 0. The van der Waals surface area contributed by atoms with Crippen LogP contribution < -0.4 is 5.32 Å². The third-order valence-electron chi connectivity index (χ3n) is 2.05. The van der Waals surface area contributed by atoms with Crippen molar-refractivity contribution in [2.45, 2.75) is 40.2 Å². The number of carboxylic acids is 1. The smallest absolute Gasteiger partial charge is 0.339 e. The van der Waals surface area contributed by atoms with E-state index in [-0.39, 0.29) is 11.1 Å². The van der Waals surface area contributed by atoms with Gasteiger partial charge in [-0.1, -0.05) is 0 Å². The highest BCUT2D eigenvalue weighted by atomic mass is 16.4. The van der Waals surface area contributed by atoms with Gasteiger partial charge in [-0.15, -0.1) is 0 Å². The largest absolute Gasteiger partial charge is 0.478 e. The molecule has 88 valence electrons. The molecule has 0 radical (unpaired) electrons. The van der Waals surface area contributed by atoms with Crippen LogP contribution in [0.1, 0.15) is 42.4 Å². The molecular weight excluding hydrogens is 204 g/mol. The summed E-state index contributed by atoms with van der Waals surface area (Å²) >= 11 is 0. The first-order chi connectivity index (χ1) is 7.20. The molecule has 0 atom stereocenters. The topological polar surface area (TPSA) is 62.2 Å². The lowest BCUT2D eigenvalue weighted by Gasteiger charge is -2.23. The van der Waals surface area contributed by atoms with Crippen LogP contribution in [0.15, 0.2) is 6.07 Å². The highest BCUT2D eigenvalue weighted by Gasteiger charge is 2.19. The zero-order valence-corrected chi connectivity index (χ0v) is 10.4. The van der Waals surface area contributed by atoms with Crippen molar-refractivity contribution < 1.29 is 9.90 Å². The molecule has 0 saturated carbocycles. The van der Waals surface area contributed by atoms with Gasteiger partial charge in [-0.2, -0.15) is 0 Å². The summed E-state index contributed by atoms with van der Waals surface area (Å²) in [5.74, 6) is -0.505. The molecule has 0 aliphatic heterocycles. The molecule has 0 saturated heterocycles. The second kappa shape index (κ2) is 4.12.